The summed E-state index contributed by atoms with van der Waals surface area (Å²) in [5.41, 5.74) is -0.102. The highest BCUT2D eigenvalue weighted by molar-refractivity contribution is 6.09. The van der Waals surface area contributed by atoms with Crippen molar-refractivity contribution in [3.63, 3.8) is 0 Å². The molecule has 2 rings (SSSR count). The first-order valence-corrected chi connectivity index (χ1v) is 5.25. The fraction of sp³-hybridized carbons (Fsp3) is 0.0714. The molecule has 0 spiro atoms. The van der Waals surface area contributed by atoms with Gasteiger partial charge in [0.1, 0.15) is 17.5 Å². The molecular weight excluding hydrogens is 241 g/mol. The maximum atomic E-state index is 13.7. The van der Waals surface area contributed by atoms with Crippen molar-refractivity contribution in [1.82, 2.24) is 0 Å². The van der Waals surface area contributed by atoms with Gasteiger partial charge in [-0.3, -0.25) is 4.79 Å². The molecule has 0 aromatic heterocycles. The molecule has 0 bridgehead atoms. The molecule has 2 aromatic carbocycles. The highest BCUT2D eigenvalue weighted by Crippen LogP contribution is 2.18. The van der Waals surface area contributed by atoms with Crippen molar-refractivity contribution >= 4 is 5.78 Å². The predicted octanol–water partition coefficient (Wildman–Crippen LogP) is 3.64. The van der Waals surface area contributed by atoms with Crippen LogP contribution in [0, 0.1) is 24.4 Å². The van der Waals surface area contributed by atoms with Crippen molar-refractivity contribution in [3.8, 4) is 0 Å². The van der Waals surface area contributed by atoms with Crippen LogP contribution in [-0.4, -0.2) is 5.78 Å². The fourth-order valence-corrected chi connectivity index (χ4v) is 1.66. The van der Waals surface area contributed by atoms with Gasteiger partial charge in [-0.1, -0.05) is 12.1 Å². The molecule has 0 saturated carbocycles. The number of hydrogen-bond donors (Lipinski definition) is 0. The lowest BCUT2D eigenvalue weighted by Crippen LogP contribution is -2.06. The molecule has 0 saturated heterocycles. The number of hydrogen-bond acceptors (Lipinski definition) is 1. The first-order chi connectivity index (χ1) is 8.49. The van der Waals surface area contributed by atoms with Crippen LogP contribution >= 0.6 is 0 Å². The standard InChI is InChI=1S/C14H9F3O/c1-8-3-2-4-12(13(8)17)14(18)9-5-10(15)7-11(16)6-9/h2-7H,1H3. The molecule has 0 aliphatic carbocycles. The van der Waals surface area contributed by atoms with E-state index in [2.05, 4.69) is 0 Å². The Morgan fingerprint density at radius 3 is 2.22 bits per heavy atom. The van der Waals surface area contributed by atoms with Crippen LogP contribution in [0.2, 0.25) is 0 Å². The number of carbonyl (C=O) groups is 1. The highest BCUT2D eigenvalue weighted by atomic mass is 19.1. The maximum absolute atomic E-state index is 13.7. The second kappa shape index (κ2) is 4.64. The molecule has 0 N–H and O–H groups in total. The maximum Gasteiger partial charge on any atom is 0.196 e. The largest absolute Gasteiger partial charge is 0.288 e. The Hall–Kier alpha value is -2.10. The summed E-state index contributed by atoms with van der Waals surface area (Å²) in [6.07, 6.45) is 0. The van der Waals surface area contributed by atoms with Crippen LogP contribution in [0.15, 0.2) is 36.4 Å². The summed E-state index contributed by atoms with van der Waals surface area (Å²) < 4.78 is 39.7. The van der Waals surface area contributed by atoms with E-state index in [1.807, 2.05) is 0 Å². The zero-order valence-corrected chi connectivity index (χ0v) is 9.51. The van der Waals surface area contributed by atoms with Crippen LogP contribution in [0.4, 0.5) is 13.2 Å². The van der Waals surface area contributed by atoms with Gasteiger partial charge in [0, 0.05) is 11.6 Å². The van der Waals surface area contributed by atoms with Crippen molar-refractivity contribution < 1.29 is 18.0 Å². The summed E-state index contributed by atoms with van der Waals surface area (Å²) in [6.45, 7) is 1.51. The van der Waals surface area contributed by atoms with Gasteiger partial charge in [0.05, 0.1) is 5.56 Å². The topological polar surface area (TPSA) is 17.1 Å². The molecule has 0 radical (unpaired) electrons. The van der Waals surface area contributed by atoms with E-state index >= 15 is 0 Å². The van der Waals surface area contributed by atoms with Gasteiger partial charge in [0.25, 0.3) is 0 Å². The molecule has 0 unspecified atom stereocenters. The molecular formula is C14H9F3O. The average molecular weight is 250 g/mol. The molecule has 92 valence electrons. The van der Waals surface area contributed by atoms with Crippen LogP contribution in [0.25, 0.3) is 0 Å². The quantitative estimate of drug-likeness (QED) is 0.743. The second-order valence-electron chi connectivity index (χ2n) is 3.92. The molecule has 0 heterocycles. The number of benzene rings is 2. The summed E-state index contributed by atoms with van der Waals surface area (Å²) in [5, 5.41) is 0. The summed E-state index contributed by atoms with van der Waals surface area (Å²) in [6, 6.07) is 6.73. The lowest BCUT2D eigenvalue weighted by atomic mass is 10.0. The number of ketones is 1. The van der Waals surface area contributed by atoms with Gasteiger partial charge >= 0.3 is 0 Å². The Labute approximate surface area is 102 Å². The third kappa shape index (κ3) is 2.27. The average Bonchev–Trinajstić information content (AvgIpc) is 2.30. The lowest BCUT2D eigenvalue weighted by molar-refractivity contribution is 0.103. The van der Waals surface area contributed by atoms with Gasteiger partial charge in [-0.05, 0) is 30.7 Å². The minimum absolute atomic E-state index is 0.194. The molecule has 0 aliphatic heterocycles. The van der Waals surface area contributed by atoms with Gasteiger partial charge in [-0.15, -0.1) is 0 Å². The molecule has 1 nitrogen and oxygen atoms in total. The zero-order valence-electron chi connectivity index (χ0n) is 9.51. The van der Waals surface area contributed by atoms with Gasteiger partial charge in [-0.2, -0.15) is 0 Å². The van der Waals surface area contributed by atoms with Crippen LogP contribution in [0.1, 0.15) is 21.5 Å². The second-order valence-corrected chi connectivity index (χ2v) is 3.92. The molecule has 4 heteroatoms. The minimum atomic E-state index is -0.869. The molecule has 0 fully saturated rings. The van der Waals surface area contributed by atoms with E-state index < -0.39 is 23.2 Å². The lowest BCUT2D eigenvalue weighted by Gasteiger charge is -2.05. The molecule has 0 aliphatic rings. The van der Waals surface area contributed by atoms with Gasteiger partial charge < -0.3 is 0 Å². The Balaban J connectivity index is 2.51. The molecule has 18 heavy (non-hydrogen) atoms. The van der Waals surface area contributed by atoms with Crippen LogP contribution in [0.5, 0.6) is 0 Å². The van der Waals surface area contributed by atoms with Crippen LogP contribution in [-0.2, 0) is 0 Å². The van der Waals surface area contributed by atoms with E-state index in [0.717, 1.165) is 12.1 Å². The van der Waals surface area contributed by atoms with Gasteiger partial charge in [-0.25, -0.2) is 13.2 Å². The van der Waals surface area contributed by atoms with Crippen molar-refractivity contribution in [3.05, 3.63) is 70.5 Å². The smallest absolute Gasteiger partial charge is 0.196 e. The molecule has 0 atom stereocenters. The first-order valence-electron chi connectivity index (χ1n) is 5.25. The van der Waals surface area contributed by atoms with Crippen molar-refractivity contribution in [2.45, 2.75) is 6.92 Å². The zero-order chi connectivity index (χ0) is 13.3. The van der Waals surface area contributed by atoms with Gasteiger partial charge in [0.2, 0.25) is 0 Å². The number of aryl methyl sites for hydroxylation is 1. The van der Waals surface area contributed by atoms with Crippen molar-refractivity contribution in [2.75, 3.05) is 0 Å². The number of halogens is 3. The van der Waals surface area contributed by atoms with E-state index in [9.17, 15) is 18.0 Å². The minimum Gasteiger partial charge on any atom is -0.288 e. The van der Waals surface area contributed by atoms with Crippen LogP contribution in [0.3, 0.4) is 0 Å². The molecule has 0 amide bonds. The monoisotopic (exact) mass is 250 g/mol. The van der Waals surface area contributed by atoms with Gasteiger partial charge in [0.15, 0.2) is 5.78 Å². The summed E-state index contributed by atoms with van der Waals surface area (Å²) >= 11 is 0. The van der Waals surface area contributed by atoms with E-state index in [0.29, 0.717) is 11.6 Å². The highest BCUT2D eigenvalue weighted by Gasteiger charge is 2.16. The van der Waals surface area contributed by atoms with Crippen molar-refractivity contribution in [1.29, 1.82) is 0 Å². The normalized spacial score (nSPS) is 10.4. The fourth-order valence-electron chi connectivity index (χ4n) is 1.66. The number of rotatable bonds is 2. The van der Waals surface area contributed by atoms with Crippen LogP contribution < -0.4 is 0 Å². The Morgan fingerprint density at radius 2 is 1.61 bits per heavy atom. The van der Waals surface area contributed by atoms with Crippen molar-refractivity contribution in [2.24, 2.45) is 0 Å². The van der Waals surface area contributed by atoms with E-state index in [4.69, 9.17) is 0 Å². The summed E-state index contributed by atoms with van der Waals surface area (Å²) in [4.78, 5) is 12.0. The number of carbonyl (C=O) groups excluding carboxylic acids is 1. The summed E-state index contributed by atoms with van der Waals surface area (Å²) in [7, 11) is 0. The first kappa shape index (κ1) is 12.4. The third-order valence-corrected chi connectivity index (χ3v) is 2.56. The SMILES string of the molecule is Cc1cccc(C(=O)c2cc(F)cc(F)c2)c1F. The Kier molecular flexibility index (Phi) is 3.19. The predicted molar refractivity (Wildman–Crippen MR) is 60.9 cm³/mol. The Bertz CT molecular complexity index is 600. The summed E-state index contributed by atoms with van der Waals surface area (Å²) in [5.74, 6) is -3.15. The molecule has 2 aromatic rings. The van der Waals surface area contributed by atoms with E-state index in [-0.39, 0.29) is 11.1 Å². The van der Waals surface area contributed by atoms with E-state index in [1.165, 1.54) is 25.1 Å². The Morgan fingerprint density at radius 1 is 1.00 bits per heavy atom. The third-order valence-electron chi connectivity index (χ3n) is 2.56. The van der Waals surface area contributed by atoms with E-state index in [1.54, 1.807) is 0 Å².